The molecule has 3 aliphatic rings. The number of nitrogens with one attached hydrogen (secondary N) is 2. The quantitative estimate of drug-likeness (QED) is 0.233. The summed E-state index contributed by atoms with van der Waals surface area (Å²) in [5.74, 6) is -1.15. The lowest BCUT2D eigenvalue weighted by Crippen LogP contribution is -2.64. The molecule has 2 saturated carbocycles. The van der Waals surface area contributed by atoms with Crippen molar-refractivity contribution in [3.63, 3.8) is 0 Å². The number of fused-ring (bicyclic) bond motifs is 1. The number of likely N-dealkylation sites (tertiary alicyclic amines) is 1. The summed E-state index contributed by atoms with van der Waals surface area (Å²) in [4.78, 5) is 55.4. The fourth-order valence-corrected chi connectivity index (χ4v) is 8.42. The van der Waals surface area contributed by atoms with Gasteiger partial charge in [-0.15, -0.1) is 6.58 Å². The molecule has 0 radical (unpaired) electrons. The van der Waals surface area contributed by atoms with Crippen molar-refractivity contribution < 1.29 is 37.0 Å². The number of ether oxygens (including phenoxy) is 3. The molecule has 1 unspecified atom stereocenters. The maximum Gasteiger partial charge on any atom is 0.328 e. The van der Waals surface area contributed by atoms with Gasteiger partial charge in [0.2, 0.25) is 21.8 Å². The minimum Gasteiger partial charge on any atom is -0.494 e. The molecule has 1 aromatic carbocycles. The maximum absolute atomic E-state index is 15.0. The van der Waals surface area contributed by atoms with Gasteiger partial charge in [0.1, 0.15) is 23.4 Å². The van der Waals surface area contributed by atoms with Crippen LogP contribution in [0.25, 0.3) is 10.8 Å². The van der Waals surface area contributed by atoms with Gasteiger partial charge in [0.15, 0.2) is 0 Å². The van der Waals surface area contributed by atoms with E-state index in [2.05, 4.69) is 26.6 Å². The summed E-state index contributed by atoms with van der Waals surface area (Å²) in [5.41, 5.74) is -2.18. The molecule has 2 N–H and O–H groups in total. The molecule has 2 aliphatic carbocycles. The maximum atomic E-state index is 15.0. The van der Waals surface area contributed by atoms with Gasteiger partial charge in [-0.1, -0.05) is 38.4 Å². The first-order valence-corrected chi connectivity index (χ1v) is 19.3. The number of nitrogens with zero attached hydrogens (tertiary/aromatic N) is 4. The lowest BCUT2D eigenvalue weighted by molar-refractivity contribution is -0.141. The van der Waals surface area contributed by atoms with Gasteiger partial charge >= 0.3 is 6.03 Å². The van der Waals surface area contributed by atoms with Gasteiger partial charge in [0.05, 0.1) is 44.1 Å². The number of anilines is 1. The van der Waals surface area contributed by atoms with E-state index in [1.54, 1.807) is 37.6 Å². The molecule has 1 saturated heterocycles. The van der Waals surface area contributed by atoms with Crippen LogP contribution in [0.2, 0.25) is 5.02 Å². The smallest absolute Gasteiger partial charge is 0.328 e. The van der Waals surface area contributed by atoms with Crippen molar-refractivity contribution in [1.82, 2.24) is 24.5 Å². The molecule has 6 rings (SSSR count). The Hall–Kier alpha value is -4.63. The normalized spacial score (nSPS) is 23.2. The average molecular weight is 769 g/mol. The van der Waals surface area contributed by atoms with Crippen molar-refractivity contribution in [3.05, 3.63) is 60.4 Å². The number of hydrogen-bond donors (Lipinski definition) is 2. The summed E-state index contributed by atoms with van der Waals surface area (Å²) in [6, 6.07) is 6.32. The van der Waals surface area contributed by atoms with Crippen molar-refractivity contribution in [2.24, 2.45) is 11.3 Å². The van der Waals surface area contributed by atoms with Crippen LogP contribution in [0.3, 0.4) is 0 Å². The van der Waals surface area contributed by atoms with E-state index >= 15 is 4.79 Å². The highest BCUT2D eigenvalue weighted by Crippen LogP contribution is 2.52. The van der Waals surface area contributed by atoms with Gasteiger partial charge in [-0.05, 0) is 55.9 Å². The van der Waals surface area contributed by atoms with Crippen molar-refractivity contribution in [2.45, 2.75) is 82.4 Å². The molecule has 53 heavy (non-hydrogen) atoms. The van der Waals surface area contributed by atoms with Gasteiger partial charge < -0.3 is 24.4 Å². The second kappa shape index (κ2) is 14.3. The van der Waals surface area contributed by atoms with Gasteiger partial charge in [0, 0.05) is 40.2 Å². The highest BCUT2D eigenvalue weighted by atomic mass is 35.5. The zero-order valence-electron chi connectivity index (χ0n) is 30.6. The fourth-order valence-electron chi connectivity index (χ4n) is 6.89. The lowest BCUT2D eigenvalue weighted by Gasteiger charge is -2.40. The third-order valence-electron chi connectivity index (χ3n) is 10.1. The van der Waals surface area contributed by atoms with Crippen LogP contribution in [0.1, 0.15) is 53.4 Å². The molecule has 14 nitrogen and oxygen atoms in total. The summed E-state index contributed by atoms with van der Waals surface area (Å²) in [6.07, 6.45) is 5.20. The Bertz CT molecular complexity index is 2040. The first kappa shape index (κ1) is 38.1. The zero-order valence-corrected chi connectivity index (χ0v) is 32.2. The van der Waals surface area contributed by atoms with E-state index in [9.17, 15) is 18.0 Å². The monoisotopic (exact) mass is 768 g/mol. The number of halogens is 1. The zero-order chi connectivity index (χ0) is 38.5. The lowest BCUT2D eigenvalue weighted by atomic mass is 9.85. The van der Waals surface area contributed by atoms with Crippen LogP contribution in [-0.2, 0) is 19.6 Å². The van der Waals surface area contributed by atoms with Crippen molar-refractivity contribution in [2.75, 3.05) is 26.1 Å². The minimum atomic E-state index is -4.03. The Morgan fingerprint density at radius 2 is 1.83 bits per heavy atom. The van der Waals surface area contributed by atoms with Crippen molar-refractivity contribution >= 4 is 55.9 Å². The SMILES string of the molecule is C=C[C@@H]1C[C@@]1(C(=O)NS(=O)(=O)C1CC1)N(C(=O)[C@H](Nc1ccc(OC)nc1)C(C)(C)C)C(=O)N1C[C@H](Oc2ncc(OC)c3ccc(Cl)cc23)CC1C. The Kier molecular flexibility index (Phi) is 10.3. The van der Waals surface area contributed by atoms with Crippen LogP contribution in [-0.4, -0.2) is 95.8 Å². The standard InChI is InChI=1S/C37H45ClN6O8S/c1-8-22-17-37(22,34(46)42-53(48,49)26-11-12-26)44(33(45)31(36(3,4)5)41-24-10-14-30(51-7)39-18-24)35(47)43-20-25(15-21(43)2)52-32-28-16-23(38)9-13-27(28)29(50-6)19-40-32/h8-10,13-14,16,18-19,21-22,25-26,31,41H,1,11-12,15,17,20H2,2-7H3,(H,42,46)/t21?,22-,25-,31+,37-/m1/s1. The van der Waals surface area contributed by atoms with E-state index in [0.29, 0.717) is 52.9 Å². The minimum absolute atomic E-state index is 0.00558. The predicted molar refractivity (Wildman–Crippen MR) is 200 cm³/mol. The van der Waals surface area contributed by atoms with E-state index in [1.165, 1.54) is 24.3 Å². The molecular formula is C37H45ClN6O8S. The number of carbonyl (C=O) groups excluding carboxylic acids is 3. The Morgan fingerprint density at radius 1 is 1.09 bits per heavy atom. The van der Waals surface area contributed by atoms with Crippen molar-refractivity contribution in [3.8, 4) is 17.5 Å². The van der Waals surface area contributed by atoms with E-state index in [1.807, 2.05) is 33.8 Å². The van der Waals surface area contributed by atoms with Crippen LogP contribution in [0.5, 0.6) is 17.5 Å². The third kappa shape index (κ3) is 7.45. The third-order valence-corrected chi connectivity index (χ3v) is 12.2. The van der Waals surface area contributed by atoms with Crippen LogP contribution in [0, 0.1) is 11.3 Å². The number of aromatic nitrogens is 2. The summed E-state index contributed by atoms with van der Waals surface area (Å²) in [7, 11) is -0.999. The second-order valence-electron chi connectivity index (χ2n) is 14.9. The molecule has 3 heterocycles. The molecule has 284 valence electrons. The Morgan fingerprint density at radius 3 is 2.42 bits per heavy atom. The molecule has 2 aromatic heterocycles. The number of urea groups is 1. The van der Waals surface area contributed by atoms with Gasteiger partial charge in [-0.3, -0.25) is 14.3 Å². The fraction of sp³-hybridized carbons (Fsp3) is 0.486. The van der Waals surface area contributed by atoms with E-state index in [0.717, 1.165) is 10.3 Å². The summed E-state index contributed by atoms with van der Waals surface area (Å²) < 4.78 is 45.4. The van der Waals surface area contributed by atoms with E-state index in [4.69, 9.17) is 25.8 Å². The number of hydrogen-bond acceptors (Lipinski definition) is 11. The molecule has 0 spiro atoms. The van der Waals surface area contributed by atoms with Gasteiger partial charge in [0.25, 0.3) is 11.8 Å². The van der Waals surface area contributed by atoms with Crippen LogP contribution >= 0.6 is 11.6 Å². The number of imide groups is 1. The number of amides is 4. The number of benzene rings is 1. The molecule has 16 heteroatoms. The molecule has 4 amide bonds. The summed E-state index contributed by atoms with van der Waals surface area (Å²) in [5, 5.41) is 4.35. The highest BCUT2D eigenvalue weighted by Gasteiger charge is 2.68. The number of pyridine rings is 2. The second-order valence-corrected chi connectivity index (χ2v) is 17.3. The summed E-state index contributed by atoms with van der Waals surface area (Å²) in [6.45, 7) is 11.2. The molecule has 0 bridgehead atoms. The number of carbonyl (C=O) groups is 3. The van der Waals surface area contributed by atoms with Crippen LogP contribution < -0.4 is 24.2 Å². The average Bonchev–Trinajstić information content (AvgIpc) is 4.04. The molecule has 3 aromatic rings. The summed E-state index contributed by atoms with van der Waals surface area (Å²) >= 11 is 6.33. The molecule has 3 fully saturated rings. The number of rotatable bonds is 12. The Labute approximate surface area is 314 Å². The largest absolute Gasteiger partial charge is 0.494 e. The molecular weight excluding hydrogens is 724 g/mol. The topological polar surface area (TPSA) is 169 Å². The number of sulfonamides is 1. The molecule has 5 atom stereocenters. The van der Waals surface area contributed by atoms with Gasteiger partial charge in [-0.25, -0.2) is 28.1 Å². The van der Waals surface area contributed by atoms with Crippen molar-refractivity contribution in [1.29, 1.82) is 0 Å². The first-order chi connectivity index (χ1) is 25.0. The van der Waals surface area contributed by atoms with Crippen LogP contribution in [0.4, 0.5) is 10.5 Å². The number of methoxy groups -OCH3 is 2. The van der Waals surface area contributed by atoms with Gasteiger partial charge in [-0.2, -0.15) is 0 Å². The first-order valence-electron chi connectivity index (χ1n) is 17.4. The highest BCUT2D eigenvalue weighted by molar-refractivity contribution is 7.91. The Balaban J connectivity index is 1.36. The van der Waals surface area contributed by atoms with Crippen LogP contribution in [0.15, 0.2) is 55.4 Å². The molecule has 1 aliphatic heterocycles. The van der Waals surface area contributed by atoms with E-state index < -0.39 is 68.2 Å². The predicted octanol–water partition coefficient (Wildman–Crippen LogP) is 5.17. The van der Waals surface area contributed by atoms with E-state index in [-0.39, 0.29) is 13.0 Å².